The van der Waals surface area contributed by atoms with Gasteiger partial charge in [-0.05, 0) is 35.9 Å². The van der Waals surface area contributed by atoms with Crippen molar-refractivity contribution in [2.24, 2.45) is 0 Å². The van der Waals surface area contributed by atoms with Gasteiger partial charge in [0.1, 0.15) is 5.82 Å². The van der Waals surface area contributed by atoms with Crippen molar-refractivity contribution in [3.8, 4) is 0 Å². The Morgan fingerprint density at radius 1 is 1.12 bits per heavy atom. The summed E-state index contributed by atoms with van der Waals surface area (Å²) in [5, 5.41) is 12.0. The van der Waals surface area contributed by atoms with Gasteiger partial charge in [-0.2, -0.15) is 0 Å². The Morgan fingerprint density at radius 2 is 1.96 bits per heavy atom. The second kappa shape index (κ2) is 6.45. The van der Waals surface area contributed by atoms with Crippen molar-refractivity contribution >= 4 is 28.5 Å². The predicted molar refractivity (Wildman–Crippen MR) is 87.4 cm³/mol. The fraction of sp³-hybridized carbons (Fsp3) is 0.0556. The molecule has 0 unspecified atom stereocenters. The molecular formula is C18H13FN2O3. The molecule has 0 aliphatic carbocycles. The zero-order valence-corrected chi connectivity index (χ0v) is 12.5. The predicted octanol–water partition coefficient (Wildman–Crippen LogP) is 3.25. The van der Waals surface area contributed by atoms with Crippen molar-refractivity contribution in [3.05, 3.63) is 71.7 Å². The molecule has 1 aromatic heterocycles. The van der Waals surface area contributed by atoms with E-state index in [0.717, 1.165) is 6.07 Å². The van der Waals surface area contributed by atoms with Gasteiger partial charge in [0.05, 0.1) is 17.5 Å². The molecule has 0 saturated carbocycles. The number of amides is 1. The number of aromatic nitrogens is 1. The fourth-order valence-corrected chi connectivity index (χ4v) is 2.46. The van der Waals surface area contributed by atoms with Crippen molar-refractivity contribution < 1.29 is 19.1 Å². The Bertz CT molecular complexity index is 940. The zero-order valence-electron chi connectivity index (χ0n) is 12.5. The molecule has 3 aromatic rings. The molecule has 0 radical (unpaired) electrons. The Hall–Kier alpha value is -3.28. The number of aliphatic carboxylic acids is 1. The van der Waals surface area contributed by atoms with Gasteiger partial charge >= 0.3 is 5.97 Å². The van der Waals surface area contributed by atoms with Crippen molar-refractivity contribution in [3.63, 3.8) is 0 Å². The van der Waals surface area contributed by atoms with Gasteiger partial charge in [0.25, 0.3) is 5.91 Å². The third kappa shape index (κ3) is 3.38. The van der Waals surface area contributed by atoms with Crippen molar-refractivity contribution in [1.29, 1.82) is 0 Å². The average Bonchev–Trinajstić information content (AvgIpc) is 2.53. The fourth-order valence-electron chi connectivity index (χ4n) is 2.46. The molecule has 24 heavy (non-hydrogen) atoms. The summed E-state index contributed by atoms with van der Waals surface area (Å²) in [4.78, 5) is 27.4. The van der Waals surface area contributed by atoms with E-state index in [1.54, 1.807) is 36.4 Å². The van der Waals surface area contributed by atoms with Gasteiger partial charge in [0.15, 0.2) is 0 Å². The lowest BCUT2D eigenvalue weighted by Crippen LogP contribution is -2.13. The van der Waals surface area contributed by atoms with Crippen LogP contribution in [-0.4, -0.2) is 22.0 Å². The molecule has 1 amide bonds. The molecule has 1 heterocycles. The minimum absolute atomic E-state index is 0.120. The van der Waals surface area contributed by atoms with Crippen LogP contribution in [0.5, 0.6) is 0 Å². The van der Waals surface area contributed by atoms with Crippen LogP contribution in [0.2, 0.25) is 0 Å². The Labute approximate surface area is 136 Å². The highest BCUT2D eigenvalue weighted by Crippen LogP contribution is 2.20. The van der Waals surface area contributed by atoms with E-state index < -0.39 is 17.7 Å². The topological polar surface area (TPSA) is 79.3 Å². The molecule has 6 heteroatoms. The highest BCUT2D eigenvalue weighted by atomic mass is 19.1. The number of anilines is 1. The highest BCUT2D eigenvalue weighted by molar-refractivity contribution is 6.11. The number of carboxylic acids is 1. The summed E-state index contributed by atoms with van der Waals surface area (Å²) in [5.41, 5.74) is 1.52. The normalized spacial score (nSPS) is 10.5. The molecule has 2 aromatic carbocycles. The van der Waals surface area contributed by atoms with Crippen LogP contribution in [0.15, 0.2) is 54.7 Å². The first-order valence-electron chi connectivity index (χ1n) is 7.19. The average molecular weight is 324 g/mol. The largest absolute Gasteiger partial charge is 0.481 e. The Kier molecular flexibility index (Phi) is 4.20. The second-order valence-corrected chi connectivity index (χ2v) is 5.25. The molecular weight excluding hydrogens is 311 g/mol. The summed E-state index contributed by atoms with van der Waals surface area (Å²) >= 11 is 0. The molecule has 0 bridgehead atoms. The summed E-state index contributed by atoms with van der Waals surface area (Å²) in [5.74, 6) is -2.00. The monoisotopic (exact) mass is 324 g/mol. The van der Waals surface area contributed by atoms with Crippen molar-refractivity contribution in [2.75, 3.05) is 5.32 Å². The third-order valence-corrected chi connectivity index (χ3v) is 3.45. The lowest BCUT2D eigenvalue weighted by Gasteiger charge is -2.09. The SMILES string of the molecule is O=C(O)Cc1cccc(NC(=O)c2cc(F)cc3cccnc23)c1. The summed E-state index contributed by atoms with van der Waals surface area (Å²) in [6, 6.07) is 12.3. The number of benzene rings is 2. The van der Waals surface area contributed by atoms with Crippen molar-refractivity contribution in [2.45, 2.75) is 6.42 Å². The molecule has 0 aliphatic rings. The number of fused-ring (bicyclic) bond motifs is 1. The number of nitrogens with zero attached hydrogens (tertiary/aromatic N) is 1. The maximum absolute atomic E-state index is 13.7. The second-order valence-electron chi connectivity index (χ2n) is 5.25. The van der Waals surface area contributed by atoms with Crippen LogP contribution in [0, 0.1) is 5.82 Å². The quantitative estimate of drug-likeness (QED) is 0.772. The van der Waals surface area contributed by atoms with Crippen LogP contribution in [0.3, 0.4) is 0 Å². The van der Waals surface area contributed by atoms with E-state index in [4.69, 9.17) is 5.11 Å². The summed E-state index contributed by atoms with van der Waals surface area (Å²) < 4.78 is 13.7. The van der Waals surface area contributed by atoms with Crippen molar-refractivity contribution in [1.82, 2.24) is 4.98 Å². The van der Waals surface area contributed by atoms with Gasteiger partial charge in [0.2, 0.25) is 0 Å². The highest BCUT2D eigenvalue weighted by Gasteiger charge is 2.14. The number of hydrogen-bond donors (Lipinski definition) is 2. The molecule has 0 spiro atoms. The first-order chi connectivity index (χ1) is 11.5. The standard InChI is InChI=1S/C18H13FN2O3/c19-13-9-12-4-2-6-20-17(12)15(10-13)18(24)21-14-5-1-3-11(7-14)8-16(22)23/h1-7,9-10H,8H2,(H,21,24)(H,22,23). The van der Waals surface area contributed by atoms with E-state index in [0.29, 0.717) is 22.2 Å². The summed E-state index contributed by atoms with van der Waals surface area (Å²) in [6.45, 7) is 0. The number of nitrogens with one attached hydrogen (secondary N) is 1. The maximum atomic E-state index is 13.7. The molecule has 3 rings (SSSR count). The van der Waals surface area contributed by atoms with E-state index >= 15 is 0 Å². The Morgan fingerprint density at radius 3 is 2.75 bits per heavy atom. The number of carbonyl (C=O) groups excluding carboxylic acids is 1. The number of hydrogen-bond acceptors (Lipinski definition) is 3. The van der Waals surface area contributed by atoms with Gasteiger partial charge in [-0.1, -0.05) is 18.2 Å². The van der Waals surface area contributed by atoms with Crippen LogP contribution in [0.25, 0.3) is 10.9 Å². The zero-order chi connectivity index (χ0) is 17.1. The van der Waals surface area contributed by atoms with E-state index in [9.17, 15) is 14.0 Å². The molecule has 0 fully saturated rings. The van der Waals surface area contributed by atoms with Crippen LogP contribution in [0.1, 0.15) is 15.9 Å². The maximum Gasteiger partial charge on any atom is 0.307 e. The summed E-state index contributed by atoms with van der Waals surface area (Å²) in [6.07, 6.45) is 1.39. The van der Waals surface area contributed by atoms with Gasteiger partial charge in [-0.3, -0.25) is 14.6 Å². The van der Waals surface area contributed by atoms with Crippen LogP contribution < -0.4 is 5.32 Å². The number of carbonyl (C=O) groups is 2. The van der Waals surface area contributed by atoms with Gasteiger partial charge in [-0.15, -0.1) is 0 Å². The first-order valence-corrected chi connectivity index (χ1v) is 7.19. The Balaban J connectivity index is 1.92. The van der Waals surface area contributed by atoms with E-state index in [1.165, 1.54) is 12.3 Å². The van der Waals surface area contributed by atoms with Gasteiger partial charge in [-0.25, -0.2) is 4.39 Å². The van der Waals surface area contributed by atoms with E-state index in [2.05, 4.69) is 10.3 Å². The number of pyridine rings is 1. The molecule has 5 nitrogen and oxygen atoms in total. The van der Waals surface area contributed by atoms with E-state index in [1.807, 2.05) is 0 Å². The summed E-state index contributed by atoms with van der Waals surface area (Å²) in [7, 11) is 0. The first kappa shape index (κ1) is 15.6. The van der Waals surface area contributed by atoms with Gasteiger partial charge in [0, 0.05) is 17.3 Å². The molecule has 0 aliphatic heterocycles. The van der Waals surface area contributed by atoms with Crippen LogP contribution in [0.4, 0.5) is 10.1 Å². The van der Waals surface area contributed by atoms with Crippen LogP contribution in [-0.2, 0) is 11.2 Å². The molecule has 0 atom stereocenters. The minimum atomic E-state index is -0.959. The smallest absolute Gasteiger partial charge is 0.307 e. The molecule has 2 N–H and O–H groups in total. The molecule has 120 valence electrons. The number of rotatable bonds is 4. The number of carboxylic acid groups (broad SMARTS) is 1. The molecule has 0 saturated heterocycles. The van der Waals surface area contributed by atoms with E-state index in [-0.39, 0.29) is 12.0 Å². The van der Waals surface area contributed by atoms with Crippen LogP contribution >= 0.6 is 0 Å². The minimum Gasteiger partial charge on any atom is -0.481 e. The lowest BCUT2D eigenvalue weighted by atomic mass is 10.1. The number of halogens is 1. The lowest BCUT2D eigenvalue weighted by molar-refractivity contribution is -0.136. The van der Waals surface area contributed by atoms with Gasteiger partial charge < -0.3 is 10.4 Å². The third-order valence-electron chi connectivity index (χ3n) is 3.45.